The molecule has 1 aromatic rings. The number of benzene rings is 1. The van der Waals surface area contributed by atoms with E-state index >= 15 is 0 Å². The van der Waals surface area contributed by atoms with Gasteiger partial charge in [0, 0.05) is 15.6 Å². The maximum Gasteiger partial charge on any atom is 0.120 e. The van der Waals surface area contributed by atoms with Gasteiger partial charge in [-0.2, -0.15) is 0 Å². The quantitative estimate of drug-likeness (QED) is 0.828. The summed E-state index contributed by atoms with van der Waals surface area (Å²) in [5.74, 6) is 0.338. The number of nitrogens with two attached hydrogens (primary N) is 1. The fourth-order valence-corrected chi connectivity index (χ4v) is 3.06. The molecule has 0 aliphatic heterocycles. The fraction of sp³-hybridized carbons (Fsp3) is 0.538. The second kappa shape index (κ2) is 4.38. The molecule has 0 aromatic heterocycles. The van der Waals surface area contributed by atoms with Crippen molar-refractivity contribution in [2.24, 2.45) is 5.73 Å². The molecule has 3 N–H and O–H groups in total. The second-order valence-electron chi connectivity index (χ2n) is 4.78. The van der Waals surface area contributed by atoms with Gasteiger partial charge < -0.3 is 10.8 Å². The molecule has 1 saturated carbocycles. The van der Waals surface area contributed by atoms with Gasteiger partial charge in [0.1, 0.15) is 5.75 Å². The fourth-order valence-electron chi connectivity index (χ4n) is 2.73. The van der Waals surface area contributed by atoms with Crippen LogP contribution in [0.15, 0.2) is 16.6 Å². The summed E-state index contributed by atoms with van der Waals surface area (Å²) in [6.45, 7) is 2.02. The molecule has 0 saturated heterocycles. The smallest absolute Gasteiger partial charge is 0.120 e. The van der Waals surface area contributed by atoms with Crippen LogP contribution >= 0.6 is 15.9 Å². The maximum absolute atomic E-state index is 10.0. The summed E-state index contributed by atoms with van der Waals surface area (Å²) < 4.78 is 1.02. The first-order valence-electron chi connectivity index (χ1n) is 5.82. The van der Waals surface area contributed by atoms with Crippen LogP contribution in [0.3, 0.4) is 0 Å². The van der Waals surface area contributed by atoms with Crippen molar-refractivity contribution < 1.29 is 5.11 Å². The number of halogens is 1. The molecule has 2 rings (SSSR count). The zero-order valence-electron chi connectivity index (χ0n) is 9.59. The molecule has 2 nitrogen and oxygen atoms in total. The minimum absolute atomic E-state index is 0.337. The average molecular weight is 284 g/mol. The van der Waals surface area contributed by atoms with E-state index in [0.717, 1.165) is 41.3 Å². The molecule has 1 aromatic carbocycles. The van der Waals surface area contributed by atoms with E-state index in [4.69, 9.17) is 5.73 Å². The highest BCUT2D eigenvalue weighted by Gasteiger charge is 2.33. The SMILES string of the molecule is Cc1c(Br)ccc(O)c1C1(N)CCCCC1. The first-order chi connectivity index (χ1) is 7.54. The molecule has 1 fully saturated rings. The van der Waals surface area contributed by atoms with Gasteiger partial charge in [-0.1, -0.05) is 35.2 Å². The van der Waals surface area contributed by atoms with Crippen LogP contribution in [-0.4, -0.2) is 5.11 Å². The summed E-state index contributed by atoms with van der Waals surface area (Å²) in [7, 11) is 0. The molecule has 0 atom stereocenters. The molecule has 16 heavy (non-hydrogen) atoms. The van der Waals surface area contributed by atoms with Crippen molar-refractivity contribution in [1.82, 2.24) is 0 Å². The lowest BCUT2D eigenvalue weighted by atomic mass is 9.75. The molecule has 3 heteroatoms. The minimum atomic E-state index is -0.337. The Kier molecular flexibility index (Phi) is 3.27. The third kappa shape index (κ3) is 1.98. The summed E-state index contributed by atoms with van der Waals surface area (Å²) >= 11 is 3.50. The van der Waals surface area contributed by atoms with Gasteiger partial charge in [0.15, 0.2) is 0 Å². The van der Waals surface area contributed by atoms with Crippen LogP contribution in [0, 0.1) is 6.92 Å². The minimum Gasteiger partial charge on any atom is -0.508 e. The molecular weight excluding hydrogens is 266 g/mol. The van der Waals surface area contributed by atoms with Gasteiger partial charge in [0.25, 0.3) is 0 Å². The van der Waals surface area contributed by atoms with Gasteiger partial charge in [0.2, 0.25) is 0 Å². The van der Waals surface area contributed by atoms with E-state index in [0.29, 0.717) is 5.75 Å². The Morgan fingerprint density at radius 2 is 1.88 bits per heavy atom. The van der Waals surface area contributed by atoms with E-state index in [9.17, 15) is 5.11 Å². The molecule has 0 radical (unpaired) electrons. The van der Waals surface area contributed by atoms with Gasteiger partial charge in [-0.05, 0) is 37.5 Å². The van der Waals surface area contributed by atoms with Crippen LogP contribution < -0.4 is 5.73 Å². The first kappa shape index (κ1) is 11.9. The highest BCUT2D eigenvalue weighted by Crippen LogP contribution is 2.42. The average Bonchev–Trinajstić information content (AvgIpc) is 2.25. The van der Waals surface area contributed by atoms with E-state index < -0.39 is 0 Å². The van der Waals surface area contributed by atoms with E-state index in [1.165, 1.54) is 6.42 Å². The Hall–Kier alpha value is -0.540. The van der Waals surface area contributed by atoms with Crippen molar-refractivity contribution in [2.75, 3.05) is 0 Å². The van der Waals surface area contributed by atoms with E-state index in [-0.39, 0.29) is 5.54 Å². The Bertz CT molecular complexity index is 397. The van der Waals surface area contributed by atoms with Crippen molar-refractivity contribution in [3.63, 3.8) is 0 Å². The molecule has 0 spiro atoms. The Morgan fingerprint density at radius 3 is 2.50 bits per heavy atom. The third-order valence-electron chi connectivity index (χ3n) is 3.62. The van der Waals surface area contributed by atoms with Gasteiger partial charge in [-0.25, -0.2) is 0 Å². The molecule has 0 unspecified atom stereocenters. The lowest BCUT2D eigenvalue weighted by molar-refractivity contribution is 0.290. The van der Waals surface area contributed by atoms with Gasteiger partial charge in [0.05, 0.1) is 0 Å². The van der Waals surface area contributed by atoms with Crippen molar-refractivity contribution in [3.05, 3.63) is 27.7 Å². The number of phenolic OH excluding ortho intramolecular Hbond substituents is 1. The van der Waals surface area contributed by atoms with E-state index in [1.807, 2.05) is 13.0 Å². The highest BCUT2D eigenvalue weighted by atomic mass is 79.9. The molecule has 1 aliphatic rings. The van der Waals surface area contributed by atoms with Gasteiger partial charge in [-0.15, -0.1) is 0 Å². The Balaban J connectivity index is 2.49. The van der Waals surface area contributed by atoms with Gasteiger partial charge in [-0.3, -0.25) is 0 Å². The monoisotopic (exact) mass is 283 g/mol. The van der Waals surface area contributed by atoms with Crippen LogP contribution in [0.2, 0.25) is 0 Å². The van der Waals surface area contributed by atoms with Crippen molar-refractivity contribution in [1.29, 1.82) is 0 Å². The number of phenols is 1. The maximum atomic E-state index is 10.0. The van der Waals surface area contributed by atoms with Crippen LogP contribution in [0.1, 0.15) is 43.2 Å². The summed E-state index contributed by atoms with van der Waals surface area (Å²) in [5, 5.41) is 10.0. The van der Waals surface area contributed by atoms with Crippen molar-refractivity contribution in [3.8, 4) is 5.75 Å². The molecular formula is C13H18BrNO. The largest absolute Gasteiger partial charge is 0.508 e. The highest BCUT2D eigenvalue weighted by molar-refractivity contribution is 9.10. The number of aromatic hydroxyl groups is 1. The lowest BCUT2D eigenvalue weighted by Gasteiger charge is -2.35. The van der Waals surface area contributed by atoms with Crippen molar-refractivity contribution in [2.45, 2.75) is 44.6 Å². The van der Waals surface area contributed by atoms with Gasteiger partial charge >= 0.3 is 0 Å². The van der Waals surface area contributed by atoms with E-state index in [1.54, 1.807) is 6.07 Å². The molecule has 0 amide bonds. The predicted octanol–water partition coefficient (Wildman–Crippen LogP) is 3.58. The normalized spacial score (nSPS) is 19.7. The Labute approximate surface area is 105 Å². The number of hydrogen-bond donors (Lipinski definition) is 2. The summed E-state index contributed by atoms with van der Waals surface area (Å²) in [6, 6.07) is 3.61. The molecule has 1 aliphatic carbocycles. The third-order valence-corrected chi connectivity index (χ3v) is 4.48. The zero-order valence-corrected chi connectivity index (χ0v) is 11.2. The van der Waals surface area contributed by atoms with Crippen LogP contribution in [0.25, 0.3) is 0 Å². The summed E-state index contributed by atoms with van der Waals surface area (Å²) in [5.41, 5.74) is 8.14. The van der Waals surface area contributed by atoms with Crippen LogP contribution in [0.4, 0.5) is 0 Å². The number of hydrogen-bond acceptors (Lipinski definition) is 2. The first-order valence-corrected chi connectivity index (χ1v) is 6.61. The number of rotatable bonds is 1. The lowest BCUT2D eigenvalue weighted by Crippen LogP contribution is -2.39. The molecule has 0 bridgehead atoms. The van der Waals surface area contributed by atoms with Crippen LogP contribution in [-0.2, 0) is 5.54 Å². The topological polar surface area (TPSA) is 46.2 Å². The van der Waals surface area contributed by atoms with Crippen molar-refractivity contribution >= 4 is 15.9 Å². The Morgan fingerprint density at radius 1 is 1.25 bits per heavy atom. The predicted molar refractivity (Wildman–Crippen MR) is 69.5 cm³/mol. The summed E-state index contributed by atoms with van der Waals surface area (Å²) in [6.07, 6.45) is 5.51. The van der Waals surface area contributed by atoms with Crippen LogP contribution in [0.5, 0.6) is 5.75 Å². The second-order valence-corrected chi connectivity index (χ2v) is 5.64. The zero-order chi connectivity index (χ0) is 11.8. The van der Waals surface area contributed by atoms with E-state index in [2.05, 4.69) is 15.9 Å². The summed E-state index contributed by atoms with van der Waals surface area (Å²) in [4.78, 5) is 0. The molecule has 0 heterocycles. The molecule has 88 valence electrons. The standard InChI is InChI=1S/C13H18BrNO/c1-9-10(14)5-6-11(16)12(9)13(15)7-3-2-4-8-13/h5-6,16H,2-4,7-8,15H2,1H3.